The van der Waals surface area contributed by atoms with Gasteiger partial charge in [0.2, 0.25) is 5.95 Å². The van der Waals surface area contributed by atoms with Crippen molar-refractivity contribution < 1.29 is 4.79 Å². The fourth-order valence-electron chi connectivity index (χ4n) is 1.12. The van der Waals surface area contributed by atoms with E-state index in [-0.39, 0.29) is 11.6 Å². The molecule has 17 heavy (non-hydrogen) atoms. The van der Waals surface area contributed by atoms with E-state index in [0.29, 0.717) is 5.56 Å². The zero-order valence-corrected chi connectivity index (χ0v) is 8.66. The SMILES string of the molecule is N#Cc1ccc(C(=O)Nc2ncccn2)nc1. The van der Waals surface area contributed by atoms with Gasteiger partial charge in [-0.25, -0.2) is 15.0 Å². The molecule has 2 aromatic heterocycles. The summed E-state index contributed by atoms with van der Waals surface area (Å²) in [6, 6.07) is 6.56. The van der Waals surface area contributed by atoms with E-state index in [9.17, 15) is 4.79 Å². The molecule has 1 amide bonds. The number of amides is 1. The monoisotopic (exact) mass is 225 g/mol. The average molecular weight is 225 g/mol. The second kappa shape index (κ2) is 4.81. The van der Waals surface area contributed by atoms with Gasteiger partial charge < -0.3 is 0 Å². The van der Waals surface area contributed by atoms with Crippen LogP contribution in [0.5, 0.6) is 0 Å². The number of hydrogen-bond acceptors (Lipinski definition) is 5. The van der Waals surface area contributed by atoms with Crippen molar-refractivity contribution in [3.05, 3.63) is 48.0 Å². The van der Waals surface area contributed by atoms with E-state index in [1.54, 1.807) is 6.07 Å². The summed E-state index contributed by atoms with van der Waals surface area (Å²) in [6.45, 7) is 0. The molecule has 2 rings (SSSR count). The number of hydrogen-bond donors (Lipinski definition) is 1. The molecule has 0 atom stereocenters. The molecule has 0 aromatic carbocycles. The lowest BCUT2D eigenvalue weighted by Gasteiger charge is -2.01. The summed E-state index contributed by atoms with van der Waals surface area (Å²) in [7, 11) is 0. The zero-order valence-electron chi connectivity index (χ0n) is 8.66. The van der Waals surface area contributed by atoms with Gasteiger partial charge in [-0.3, -0.25) is 10.1 Å². The Morgan fingerprint density at radius 3 is 2.59 bits per heavy atom. The minimum Gasteiger partial charge on any atom is -0.289 e. The van der Waals surface area contributed by atoms with Crippen LogP contribution in [0.15, 0.2) is 36.8 Å². The van der Waals surface area contributed by atoms with E-state index >= 15 is 0 Å². The van der Waals surface area contributed by atoms with E-state index in [4.69, 9.17) is 5.26 Å². The molecule has 0 radical (unpaired) electrons. The van der Waals surface area contributed by atoms with Crippen LogP contribution in [-0.4, -0.2) is 20.9 Å². The zero-order chi connectivity index (χ0) is 12.1. The molecule has 82 valence electrons. The normalized spacial score (nSPS) is 9.35. The molecular weight excluding hydrogens is 218 g/mol. The minimum atomic E-state index is -0.416. The summed E-state index contributed by atoms with van der Waals surface area (Å²) >= 11 is 0. The summed E-state index contributed by atoms with van der Waals surface area (Å²) in [4.78, 5) is 23.2. The van der Waals surface area contributed by atoms with Crippen molar-refractivity contribution in [3.8, 4) is 6.07 Å². The summed E-state index contributed by atoms with van der Waals surface area (Å²) < 4.78 is 0. The molecule has 1 N–H and O–H groups in total. The largest absolute Gasteiger partial charge is 0.289 e. The Bertz CT molecular complexity index is 559. The smallest absolute Gasteiger partial charge is 0.276 e. The van der Waals surface area contributed by atoms with Crippen LogP contribution in [0.25, 0.3) is 0 Å². The summed E-state index contributed by atoms with van der Waals surface area (Å²) in [5.74, 6) is -0.204. The van der Waals surface area contributed by atoms with Crippen molar-refractivity contribution in [3.63, 3.8) is 0 Å². The highest BCUT2D eigenvalue weighted by molar-refractivity contribution is 6.01. The van der Waals surface area contributed by atoms with Crippen LogP contribution in [0.4, 0.5) is 5.95 Å². The second-order valence-electron chi connectivity index (χ2n) is 3.07. The topological polar surface area (TPSA) is 91.6 Å². The molecular formula is C11H7N5O. The molecule has 2 heterocycles. The van der Waals surface area contributed by atoms with Gasteiger partial charge in [0.25, 0.3) is 5.91 Å². The Balaban J connectivity index is 2.13. The van der Waals surface area contributed by atoms with Crippen molar-refractivity contribution >= 4 is 11.9 Å². The molecule has 6 heteroatoms. The predicted octanol–water partition coefficient (Wildman–Crippen LogP) is 0.996. The molecule has 0 aliphatic carbocycles. The van der Waals surface area contributed by atoms with Gasteiger partial charge in [-0.2, -0.15) is 5.26 Å². The van der Waals surface area contributed by atoms with Crippen LogP contribution in [-0.2, 0) is 0 Å². The number of carbonyl (C=O) groups is 1. The van der Waals surface area contributed by atoms with Gasteiger partial charge in [-0.1, -0.05) is 0 Å². The molecule has 0 fully saturated rings. The highest BCUT2D eigenvalue weighted by Gasteiger charge is 2.08. The fraction of sp³-hybridized carbons (Fsp3) is 0. The van der Waals surface area contributed by atoms with Crippen LogP contribution < -0.4 is 5.32 Å². The lowest BCUT2D eigenvalue weighted by molar-refractivity contribution is 0.102. The summed E-state index contributed by atoms with van der Waals surface area (Å²) in [6.07, 6.45) is 4.38. The Labute approximate surface area is 97.0 Å². The van der Waals surface area contributed by atoms with Crippen molar-refractivity contribution in [2.75, 3.05) is 5.32 Å². The Hall–Kier alpha value is -2.81. The molecule has 0 aliphatic rings. The average Bonchev–Trinajstić information content (AvgIpc) is 2.40. The third-order valence-electron chi connectivity index (χ3n) is 1.92. The summed E-state index contributed by atoms with van der Waals surface area (Å²) in [5, 5.41) is 11.1. The van der Waals surface area contributed by atoms with Gasteiger partial charge in [0, 0.05) is 18.6 Å². The quantitative estimate of drug-likeness (QED) is 0.822. The van der Waals surface area contributed by atoms with Gasteiger partial charge >= 0.3 is 0 Å². The highest BCUT2D eigenvalue weighted by Crippen LogP contribution is 2.02. The van der Waals surface area contributed by atoms with E-state index in [1.807, 2.05) is 6.07 Å². The van der Waals surface area contributed by atoms with Gasteiger partial charge in [-0.05, 0) is 18.2 Å². The number of nitrogens with zero attached hydrogens (tertiary/aromatic N) is 4. The molecule has 0 aliphatic heterocycles. The first kappa shape index (κ1) is 10.7. The highest BCUT2D eigenvalue weighted by atomic mass is 16.2. The first-order chi connectivity index (χ1) is 8.29. The lowest BCUT2D eigenvalue weighted by atomic mass is 10.2. The number of carbonyl (C=O) groups excluding carboxylic acids is 1. The Morgan fingerprint density at radius 2 is 2.00 bits per heavy atom. The molecule has 6 nitrogen and oxygen atoms in total. The number of aromatic nitrogens is 3. The van der Waals surface area contributed by atoms with Crippen LogP contribution in [0.3, 0.4) is 0 Å². The maximum atomic E-state index is 11.7. The van der Waals surface area contributed by atoms with Gasteiger partial charge in [-0.15, -0.1) is 0 Å². The van der Waals surface area contributed by atoms with Crippen molar-refractivity contribution in [2.24, 2.45) is 0 Å². The van der Waals surface area contributed by atoms with Crippen LogP contribution in [0, 0.1) is 11.3 Å². The minimum absolute atomic E-state index is 0.205. The molecule has 2 aromatic rings. The number of nitrogens with one attached hydrogen (secondary N) is 1. The number of pyridine rings is 1. The number of anilines is 1. The van der Waals surface area contributed by atoms with Crippen molar-refractivity contribution in [1.82, 2.24) is 15.0 Å². The third-order valence-corrected chi connectivity index (χ3v) is 1.92. The third kappa shape index (κ3) is 2.60. The standard InChI is InChI=1S/C11H7N5O/c12-6-8-2-3-9(15-7-8)10(17)16-11-13-4-1-5-14-11/h1-5,7H,(H,13,14,16,17). The van der Waals surface area contributed by atoms with Gasteiger partial charge in [0.15, 0.2) is 0 Å². The Morgan fingerprint density at radius 1 is 1.24 bits per heavy atom. The molecule has 0 bridgehead atoms. The molecule has 0 unspecified atom stereocenters. The van der Waals surface area contributed by atoms with Gasteiger partial charge in [0.05, 0.1) is 5.56 Å². The lowest BCUT2D eigenvalue weighted by Crippen LogP contribution is -2.15. The number of rotatable bonds is 2. The van der Waals surface area contributed by atoms with Crippen molar-refractivity contribution in [2.45, 2.75) is 0 Å². The Kier molecular flexibility index (Phi) is 3.03. The maximum absolute atomic E-state index is 11.7. The van der Waals surface area contributed by atoms with E-state index in [1.165, 1.54) is 30.7 Å². The first-order valence-corrected chi connectivity index (χ1v) is 4.74. The predicted molar refractivity (Wildman–Crippen MR) is 58.9 cm³/mol. The molecule has 0 saturated heterocycles. The second-order valence-corrected chi connectivity index (χ2v) is 3.07. The van der Waals surface area contributed by atoms with Crippen LogP contribution in [0.1, 0.15) is 16.1 Å². The maximum Gasteiger partial charge on any atom is 0.276 e. The van der Waals surface area contributed by atoms with Gasteiger partial charge in [0.1, 0.15) is 11.8 Å². The van der Waals surface area contributed by atoms with Crippen LogP contribution in [0.2, 0.25) is 0 Å². The van der Waals surface area contributed by atoms with E-state index in [0.717, 1.165) is 0 Å². The van der Waals surface area contributed by atoms with Crippen LogP contribution >= 0.6 is 0 Å². The number of nitriles is 1. The molecule has 0 saturated carbocycles. The first-order valence-electron chi connectivity index (χ1n) is 4.74. The van der Waals surface area contributed by atoms with E-state index in [2.05, 4.69) is 20.3 Å². The fourth-order valence-corrected chi connectivity index (χ4v) is 1.12. The summed E-state index contributed by atoms with van der Waals surface area (Å²) in [5.41, 5.74) is 0.606. The molecule has 0 spiro atoms. The van der Waals surface area contributed by atoms with E-state index < -0.39 is 5.91 Å². The van der Waals surface area contributed by atoms with Crippen molar-refractivity contribution in [1.29, 1.82) is 5.26 Å².